The van der Waals surface area contributed by atoms with Crippen LogP contribution in [-0.4, -0.2) is 49.2 Å². The lowest BCUT2D eigenvalue weighted by atomic mass is 10.00. The van der Waals surface area contributed by atoms with Gasteiger partial charge in [0, 0.05) is 13.1 Å². The first kappa shape index (κ1) is 15.2. The summed E-state index contributed by atoms with van der Waals surface area (Å²) in [6, 6.07) is 8.01. The van der Waals surface area contributed by atoms with Gasteiger partial charge in [0.15, 0.2) is 0 Å². The van der Waals surface area contributed by atoms with Crippen molar-refractivity contribution in [3.8, 4) is 0 Å². The first-order chi connectivity index (χ1) is 10.1. The summed E-state index contributed by atoms with van der Waals surface area (Å²) in [5.74, 6) is -1.47. The normalized spacial score (nSPS) is 13.5. The van der Waals surface area contributed by atoms with Crippen molar-refractivity contribution in [2.45, 2.75) is 13.0 Å². The minimum absolute atomic E-state index is 0.0306. The van der Waals surface area contributed by atoms with Gasteiger partial charge >= 0.3 is 0 Å². The fourth-order valence-corrected chi connectivity index (χ4v) is 2.32. The third-order valence-electron chi connectivity index (χ3n) is 3.47. The molecule has 1 aromatic rings. The number of nitrogens with one attached hydrogen (secondary N) is 2. The summed E-state index contributed by atoms with van der Waals surface area (Å²) in [4.78, 5) is 36.5. The first-order valence-corrected chi connectivity index (χ1v) is 6.92. The van der Waals surface area contributed by atoms with Crippen molar-refractivity contribution in [3.05, 3.63) is 35.4 Å². The molecule has 0 aromatic heterocycles. The highest BCUT2D eigenvalue weighted by atomic mass is 16.2. The third kappa shape index (κ3) is 3.88. The number of likely N-dealkylation sites (N-methyl/N-ethyl adjacent to an activating group) is 1. The quantitative estimate of drug-likeness (QED) is 0.715. The molecule has 21 heavy (non-hydrogen) atoms. The van der Waals surface area contributed by atoms with Crippen molar-refractivity contribution < 1.29 is 14.4 Å². The summed E-state index contributed by atoms with van der Waals surface area (Å²) in [6.45, 7) is 1.01. The Hall–Kier alpha value is -2.21. The Morgan fingerprint density at radius 3 is 2.57 bits per heavy atom. The maximum absolute atomic E-state index is 12.1. The predicted molar refractivity (Wildman–Crippen MR) is 77.5 cm³/mol. The third-order valence-corrected chi connectivity index (χ3v) is 3.47. The van der Waals surface area contributed by atoms with Crippen LogP contribution in [0, 0.1) is 0 Å². The fourth-order valence-electron chi connectivity index (χ4n) is 2.32. The van der Waals surface area contributed by atoms with E-state index in [0.717, 1.165) is 12.0 Å². The van der Waals surface area contributed by atoms with Crippen molar-refractivity contribution in [2.75, 3.05) is 26.7 Å². The van der Waals surface area contributed by atoms with Crippen LogP contribution in [0.4, 0.5) is 0 Å². The van der Waals surface area contributed by atoms with Gasteiger partial charge in [0.1, 0.15) is 0 Å². The molecular formula is C15H19N3O3. The van der Waals surface area contributed by atoms with Gasteiger partial charge in [-0.1, -0.05) is 24.3 Å². The summed E-state index contributed by atoms with van der Waals surface area (Å²) in [6.07, 6.45) is 0.814. The lowest BCUT2D eigenvalue weighted by Crippen LogP contribution is -2.45. The molecule has 0 spiro atoms. The van der Waals surface area contributed by atoms with Crippen molar-refractivity contribution in [3.63, 3.8) is 0 Å². The van der Waals surface area contributed by atoms with E-state index < -0.39 is 11.7 Å². The van der Waals surface area contributed by atoms with Gasteiger partial charge in [0.2, 0.25) is 11.7 Å². The van der Waals surface area contributed by atoms with Crippen LogP contribution in [-0.2, 0) is 27.3 Å². The molecule has 2 amide bonds. The molecule has 0 fully saturated rings. The fraction of sp³-hybridized carbons (Fsp3) is 0.400. The van der Waals surface area contributed by atoms with Gasteiger partial charge in [-0.05, 0) is 24.6 Å². The minimum atomic E-state index is -0.727. The molecule has 0 aliphatic carbocycles. The zero-order valence-electron chi connectivity index (χ0n) is 12.0. The van der Waals surface area contributed by atoms with Crippen LogP contribution in [0.5, 0.6) is 0 Å². The maximum atomic E-state index is 12.1. The Bertz CT molecular complexity index is 557. The second-order valence-electron chi connectivity index (χ2n) is 4.97. The number of carbonyl (C=O) groups excluding carboxylic acids is 3. The van der Waals surface area contributed by atoms with E-state index in [2.05, 4.69) is 16.7 Å². The first-order valence-electron chi connectivity index (χ1n) is 6.92. The number of carbonyl (C=O) groups is 3. The van der Waals surface area contributed by atoms with Crippen LogP contribution < -0.4 is 10.6 Å². The van der Waals surface area contributed by atoms with E-state index in [4.69, 9.17) is 0 Å². The number of hydrogen-bond acceptors (Lipinski definition) is 4. The van der Waals surface area contributed by atoms with Crippen molar-refractivity contribution in [2.24, 2.45) is 0 Å². The number of ketones is 1. The Morgan fingerprint density at radius 2 is 1.86 bits per heavy atom. The van der Waals surface area contributed by atoms with Crippen LogP contribution in [0.3, 0.4) is 0 Å². The highest BCUT2D eigenvalue weighted by molar-refractivity contribution is 6.37. The van der Waals surface area contributed by atoms with Gasteiger partial charge in [-0.15, -0.1) is 0 Å². The van der Waals surface area contributed by atoms with Crippen LogP contribution in [0.1, 0.15) is 11.1 Å². The molecule has 1 aliphatic rings. The molecule has 2 N–H and O–H groups in total. The number of amides is 2. The topological polar surface area (TPSA) is 78.5 Å². The Labute approximate surface area is 123 Å². The van der Waals surface area contributed by atoms with Crippen LogP contribution in [0.15, 0.2) is 24.3 Å². The van der Waals surface area contributed by atoms with Crippen molar-refractivity contribution in [1.82, 2.24) is 15.5 Å². The van der Waals surface area contributed by atoms with Gasteiger partial charge in [0.25, 0.3) is 5.91 Å². The van der Waals surface area contributed by atoms with Gasteiger partial charge in [-0.3, -0.25) is 14.4 Å². The smallest absolute Gasteiger partial charge is 0.289 e. The van der Waals surface area contributed by atoms with Gasteiger partial charge in [0.05, 0.1) is 13.1 Å². The average Bonchev–Trinajstić information content (AvgIpc) is 2.52. The molecule has 0 atom stereocenters. The Morgan fingerprint density at radius 1 is 1.14 bits per heavy atom. The SMILES string of the molecule is CNCC(=O)C(=O)NCC(=O)N1CCc2ccccc2C1. The second kappa shape index (κ2) is 6.99. The van der Waals surface area contributed by atoms with Crippen molar-refractivity contribution >= 4 is 17.6 Å². The van der Waals surface area contributed by atoms with E-state index in [1.165, 1.54) is 5.56 Å². The van der Waals surface area contributed by atoms with E-state index in [0.29, 0.717) is 13.1 Å². The molecular weight excluding hydrogens is 270 g/mol. The second-order valence-corrected chi connectivity index (χ2v) is 4.97. The van der Waals surface area contributed by atoms with Gasteiger partial charge in [-0.25, -0.2) is 0 Å². The lowest BCUT2D eigenvalue weighted by molar-refractivity contribution is -0.139. The molecule has 1 aliphatic heterocycles. The number of nitrogens with zero attached hydrogens (tertiary/aromatic N) is 1. The summed E-state index contributed by atoms with van der Waals surface area (Å²) in [5, 5.41) is 4.97. The molecule has 0 saturated carbocycles. The summed E-state index contributed by atoms with van der Waals surface area (Å²) < 4.78 is 0. The zero-order chi connectivity index (χ0) is 15.2. The van der Waals surface area contributed by atoms with E-state index in [-0.39, 0.29) is 19.0 Å². The van der Waals surface area contributed by atoms with Crippen LogP contribution in [0.25, 0.3) is 0 Å². The summed E-state index contributed by atoms with van der Waals surface area (Å²) in [5.41, 5.74) is 2.39. The molecule has 0 unspecified atom stereocenters. The maximum Gasteiger partial charge on any atom is 0.289 e. The molecule has 1 heterocycles. The average molecular weight is 289 g/mol. The molecule has 0 bridgehead atoms. The number of benzene rings is 1. The Kier molecular flexibility index (Phi) is 5.05. The molecule has 6 heteroatoms. The molecule has 1 aromatic carbocycles. The van der Waals surface area contributed by atoms with Crippen LogP contribution >= 0.6 is 0 Å². The molecule has 6 nitrogen and oxygen atoms in total. The molecule has 112 valence electrons. The number of rotatable bonds is 5. The molecule has 0 saturated heterocycles. The van der Waals surface area contributed by atoms with Gasteiger partial charge < -0.3 is 15.5 Å². The molecule has 2 rings (SSSR count). The molecule has 0 radical (unpaired) electrons. The van der Waals surface area contributed by atoms with E-state index in [1.807, 2.05) is 18.2 Å². The van der Waals surface area contributed by atoms with Gasteiger partial charge in [-0.2, -0.15) is 0 Å². The highest BCUT2D eigenvalue weighted by Gasteiger charge is 2.21. The van der Waals surface area contributed by atoms with E-state index in [1.54, 1.807) is 11.9 Å². The predicted octanol–water partition coefficient (Wildman–Crippen LogP) is -0.524. The lowest BCUT2D eigenvalue weighted by Gasteiger charge is -2.28. The standard InChI is InChI=1S/C15H19N3O3/c1-16-8-13(19)15(21)17-9-14(20)18-7-6-11-4-2-3-5-12(11)10-18/h2-5,16H,6-10H2,1H3,(H,17,21). The van der Waals surface area contributed by atoms with Crippen molar-refractivity contribution in [1.29, 1.82) is 0 Å². The van der Waals surface area contributed by atoms with Crippen LogP contribution in [0.2, 0.25) is 0 Å². The minimum Gasteiger partial charge on any atom is -0.340 e. The largest absolute Gasteiger partial charge is 0.340 e. The zero-order valence-corrected chi connectivity index (χ0v) is 12.0. The van der Waals surface area contributed by atoms with E-state index in [9.17, 15) is 14.4 Å². The van der Waals surface area contributed by atoms with E-state index >= 15 is 0 Å². The highest BCUT2D eigenvalue weighted by Crippen LogP contribution is 2.18. The summed E-state index contributed by atoms with van der Waals surface area (Å²) in [7, 11) is 1.58. The number of hydrogen-bond donors (Lipinski definition) is 2. The Balaban J connectivity index is 1.85. The summed E-state index contributed by atoms with van der Waals surface area (Å²) >= 11 is 0. The number of fused-ring (bicyclic) bond motifs is 1. The number of Topliss-reactive ketones (excluding diaryl/α,β-unsaturated/α-hetero) is 1. The monoisotopic (exact) mass is 289 g/mol.